The van der Waals surface area contributed by atoms with Crippen molar-refractivity contribution in [1.29, 1.82) is 0 Å². The van der Waals surface area contributed by atoms with E-state index in [4.69, 9.17) is 16.6 Å². The molecule has 31 heavy (non-hydrogen) atoms. The number of likely N-dealkylation sites (tertiary alicyclic amines) is 2. The number of aromatic nitrogens is 1. The number of amides is 1. The molecule has 2 saturated heterocycles. The first-order valence-corrected chi connectivity index (χ1v) is 12.3. The largest absolute Gasteiger partial charge is 0.355 e. The van der Waals surface area contributed by atoms with E-state index in [2.05, 4.69) is 34.2 Å². The minimum absolute atomic E-state index is 0.228. The molecule has 1 N–H and O–H groups in total. The summed E-state index contributed by atoms with van der Waals surface area (Å²) in [7, 11) is 0. The lowest BCUT2D eigenvalue weighted by Crippen LogP contribution is -2.40. The summed E-state index contributed by atoms with van der Waals surface area (Å²) in [6, 6.07) is 10.6. The van der Waals surface area contributed by atoms with Gasteiger partial charge in [0.1, 0.15) is 0 Å². The van der Waals surface area contributed by atoms with E-state index in [0.29, 0.717) is 18.4 Å². The van der Waals surface area contributed by atoms with Gasteiger partial charge < -0.3 is 5.32 Å². The fraction of sp³-hybridized carbons (Fsp3) is 0.600. The second kappa shape index (κ2) is 10.8. The number of hydrogen-bond acceptors (Lipinski definition) is 4. The van der Waals surface area contributed by atoms with E-state index in [1.54, 1.807) is 0 Å². The molecule has 0 spiro atoms. The average molecular weight is 443 g/mol. The highest BCUT2D eigenvalue weighted by Gasteiger charge is 2.24. The number of carbonyl (C=O) groups is 1. The maximum Gasteiger partial charge on any atom is 0.220 e. The minimum Gasteiger partial charge on any atom is -0.355 e. The van der Waals surface area contributed by atoms with Gasteiger partial charge in [0.05, 0.1) is 11.2 Å². The number of nitrogens with zero attached hydrogens (tertiary/aromatic N) is 3. The van der Waals surface area contributed by atoms with Crippen LogP contribution in [0.3, 0.4) is 0 Å². The van der Waals surface area contributed by atoms with Crippen LogP contribution in [0.25, 0.3) is 10.9 Å². The molecular weight excluding hydrogens is 408 g/mol. The summed E-state index contributed by atoms with van der Waals surface area (Å²) in [5.74, 6) is 0.887. The third kappa shape index (κ3) is 6.18. The zero-order valence-electron chi connectivity index (χ0n) is 18.7. The van der Waals surface area contributed by atoms with Crippen molar-refractivity contribution >= 4 is 28.4 Å². The van der Waals surface area contributed by atoms with Crippen molar-refractivity contribution < 1.29 is 4.79 Å². The Kier molecular flexibility index (Phi) is 7.81. The van der Waals surface area contributed by atoms with Gasteiger partial charge in [0, 0.05) is 36.0 Å². The van der Waals surface area contributed by atoms with Gasteiger partial charge in [-0.15, -0.1) is 0 Å². The number of likely N-dealkylation sites (N-methyl/N-ethyl adjacent to an activating group) is 1. The van der Waals surface area contributed by atoms with Crippen molar-refractivity contribution in [1.82, 2.24) is 20.1 Å². The smallest absolute Gasteiger partial charge is 0.220 e. The highest BCUT2D eigenvalue weighted by atomic mass is 35.5. The van der Waals surface area contributed by atoms with Crippen molar-refractivity contribution in [2.24, 2.45) is 5.92 Å². The Morgan fingerprint density at radius 2 is 2.00 bits per heavy atom. The van der Waals surface area contributed by atoms with Gasteiger partial charge >= 0.3 is 0 Å². The molecule has 0 saturated carbocycles. The Balaban J connectivity index is 1.16. The third-order valence-corrected chi connectivity index (χ3v) is 7.26. The lowest BCUT2D eigenvalue weighted by atomic mass is 9.92. The van der Waals surface area contributed by atoms with Gasteiger partial charge in [-0.3, -0.25) is 19.6 Å². The summed E-state index contributed by atoms with van der Waals surface area (Å²) in [5.41, 5.74) is 2.11. The molecule has 1 aromatic heterocycles. The molecular formula is C25H35ClN4O. The van der Waals surface area contributed by atoms with Crippen LogP contribution in [0.2, 0.25) is 5.02 Å². The van der Waals surface area contributed by atoms with Crippen LogP contribution >= 0.6 is 11.6 Å². The monoisotopic (exact) mass is 442 g/mol. The highest BCUT2D eigenvalue weighted by molar-refractivity contribution is 6.31. The maximum atomic E-state index is 12.3. The van der Waals surface area contributed by atoms with E-state index in [1.165, 1.54) is 32.2 Å². The van der Waals surface area contributed by atoms with E-state index in [0.717, 1.165) is 60.8 Å². The summed E-state index contributed by atoms with van der Waals surface area (Å²) >= 11 is 6.07. The van der Waals surface area contributed by atoms with E-state index in [1.807, 2.05) is 18.2 Å². The van der Waals surface area contributed by atoms with Gasteiger partial charge in [-0.05, 0) is 88.5 Å². The van der Waals surface area contributed by atoms with Crippen molar-refractivity contribution in [3.63, 3.8) is 0 Å². The maximum absolute atomic E-state index is 12.3. The molecule has 0 radical (unpaired) electrons. The number of rotatable bonds is 8. The molecule has 0 unspecified atom stereocenters. The molecule has 1 aromatic carbocycles. The standard InChI is InChI=1S/C25H35ClN4O/c1-2-30-13-3-4-23(30)17-27-25(31)10-5-19-11-14-29(15-12-19)18-22-8-6-20-16-21(26)7-9-24(20)28-22/h6-9,16,19,23H,2-5,10-15,17-18H2,1H3,(H,27,31)/t23-/m0/s1. The van der Waals surface area contributed by atoms with E-state index in [-0.39, 0.29) is 5.91 Å². The van der Waals surface area contributed by atoms with Gasteiger partial charge in [0.15, 0.2) is 0 Å². The molecule has 2 aromatic rings. The van der Waals surface area contributed by atoms with Gasteiger partial charge in [-0.25, -0.2) is 0 Å². The Labute approximate surface area is 191 Å². The van der Waals surface area contributed by atoms with Crippen LogP contribution in [-0.2, 0) is 11.3 Å². The third-order valence-electron chi connectivity index (χ3n) is 7.02. The van der Waals surface area contributed by atoms with E-state index >= 15 is 0 Å². The lowest BCUT2D eigenvalue weighted by molar-refractivity contribution is -0.121. The van der Waals surface area contributed by atoms with Crippen molar-refractivity contribution in [3.8, 4) is 0 Å². The molecule has 1 atom stereocenters. The fourth-order valence-electron chi connectivity index (χ4n) is 5.09. The fourth-order valence-corrected chi connectivity index (χ4v) is 5.27. The molecule has 2 aliphatic heterocycles. The van der Waals surface area contributed by atoms with Crippen LogP contribution in [0, 0.1) is 5.92 Å². The zero-order valence-corrected chi connectivity index (χ0v) is 19.4. The Morgan fingerprint density at radius 1 is 1.16 bits per heavy atom. The predicted molar refractivity (Wildman–Crippen MR) is 127 cm³/mol. The number of nitrogens with one attached hydrogen (secondary N) is 1. The molecule has 2 fully saturated rings. The molecule has 3 heterocycles. The number of carbonyl (C=O) groups excluding carboxylic acids is 1. The normalized spacial score (nSPS) is 21.0. The van der Waals surface area contributed by atoms with Crippen LogP contribution in [0.4, 0.5) is 0 Å². The molecule has 5 nitrogen and oxygen atoms in total. The van der Waals surface area contributed by atoms with Gasteiger partial charge in [0.2, 0.25) is 5.91 Å². The van der Waals surface area contributed by atoms with Crippen molar-refractivity contribution in [3.05, 3.63) is 41.0 Å². The zero-order chi connectivity index (χ0) is 21.6. The number of hydrogen-bond donors (Lipinski definition) is 1. The molecule has 1 amide bonds. The van der Waals surface area contributed by atoms with Crippen LogP contribution in [-0.4, -0.2) is 59.5 Å². The molecule has 0 aliphatic carbocycles. The molecule has 0 bridgehead atoms. The second-order valence-electron chi connectivity index (χ2n) is 9.13. The first-order valence-electron chi connectivity index (χ1n) is 11.9. The number of benzene rings is 1. The highest BCUT2D eigenvalue weighted by Crippen LogP contribution is 2.24. The minimum atomic E-state index is 0.228. The average Bonchev–Trinajstić information content (AvgIpc) is 3.25. The quantitative estimate of drug-likeness (QED) is 0.654. The molecule has 168 valence electrons. The summed E-state index contributed by atoms with van der Waals surface area (Å²) < 4.78 is 0. The van der Waals surface area contributed by atoms with Crippen LogP contribution in [0.5, 0.6) is 0 Å². The SMILES string of the molecule is CCN1CCC[C@H]1CNC(=O)CCC1CCN(Cc2ccc3cc(Cl)ccc3n2)CC1. The first kappa shape index (κ1) is 22.5. The summed E-state index contributed by atoms with van der Waals surface area (Å²) in [6.45, 7) is 8.34. The number of halogens is 1. The number of piperidine rings is 1. The van der Waals surface area contributed by atoms with Gasteiger partial charge in [0.25, 0.3) is 0 Å². The van der Waals surface area contributed by atoms with Gasteiger partial charge in [-0.1, -0.05) is 24.6 Å². The van der Waals surface area contributed by atoms with E-state index < -0.39 is 0 Å². The van der Waals surface area contributed by atoms with E-state index in [9.17, 15) is 4.79 Å². The summed E-state index contributed by atoms with van der Waals surface area (Å²) in [5, 5.41) is 5.02. The predicted octanol–water partition coefficient (Wildman–Crippen LogP) is 4.48. The molecule has 2 aliphatic rings. The van der Waals surface area contributed by atoms with Crippen LogP contribution in [0.1, 0.15) is 51.1 Å². The molecule has 6 heteroatoms. The summed E-state index contributed by atoms with van der Waals surface area (Å²) in [4.78, 5) is 22.1. The topological polar surface area (TPSA) is 48.5 Å². The number of fused-ring (bicyclic) bond motifs is 1. The Hall–Kier alpha value is -1.69. The second-order valence-corrected chi connectivity index (χ2v) is 9.56. The Morgan fingerprint density at radius 3 is 2.81 bits per heavy atom. The van der Waals surface area contributed by atoms with Crippen LogP contribution < -0.4 is 5.32 Å². The number of pyridine rings is 1. The lowest BCUT2D eigenvalue weighted by Gasteiger charge is -2.31. The van der Waals surface area contributed by atoms with Crippen molar-refractivity contribution in [2.75, 3.05) is 32.7 Å². The summed E-state index contributed by atoms with van der Waals surface area (Å²) in [6.07, 6.45) is 6.49. The van der Waals surface area contributed by atoms with Crippen LogP contribution in [0.15, 0.2) is 30.3 Å². The van der Waals surface area contributed by atoms with Gasteiger partial charge in [-0.2, -0.15) is 0 Å². The molecule has 4 rings (SSSR count). The Bertz CT molecular complexity index is 881. The first-order chi connectivity index (χ1) is 15.1. The van der Waals surface area contributed by atoms with Crippen molar-refractivity contribution in [2.45, 2.75) is 58.0 Å².